The third kappa shape index (κ3) is 8.28. The Hall–Kier alpha value is -0.490. The lowest BCUT2D eigenvalue weighted by Gasteiger charge is -2.37. The minimum absolute atomic E-state index is 0. The van der Waals surface area contributed by atoms with Gasteiger partial charge in [0.15, 0.2) is 5.96 Å². The molecule has 2 atom stereocenters. The average molecular weight is 539 g/mol. The topological polar surface area (TPSA) is 56.2 Å². The maximum Gasteiger partial charge on any atom is 0.194 e. The quantitative estimate of drug-likeness (QED) is 0.297. The van der Waals surface area contributed by atoms with Crippen LogP contribution < -0.4 is 5.32 Å². The predicted molar refractivity (Wildman–Crippen MR) is 134 cm³/mol. The minimum Gasteiger partial charge on any atom is -0.375 e. The Kier molecular flexibility index (Phi) is 12.6. The number of rotatable bonds is 9. The second-order valence-corrected chi connectivity index (χ2v) is 8.31. The first-order valence-corrected chi connectivity index (χ1v) is 11.3. The molecule has 7 nitrogen and oxygen atoms in total. The van der Waals surface area contributed by atoms with E-state index in [1.807, 2.05) is 6.92 Å². The van der Waals surface area contributed by atoms with Gasteiger partial charge in [-0.2, -0.15) is 0 Å². The smallest absolute Gasteiger partial charge is 0.194 e. The summed E-state index contributed by atoms with van der Waals surface area (Å²) < 4.78 is 5.37. The number of hydrogen-bond donors (Lipinski definition) is 1. The Balaban J connectivity index is 0.00000420. The molecule has 1 aromatic heterocycles. The van der Waals surface area contributed by atoms with Crippen LogP contribution in [0.3, 0.4) is 0 Å². The summed E-state index contributed by atoms with van der Waals surface area (Å²) in [5, 5.41) is 6.55. The van der Waals surface area contributed by atoms with Crippen molar-refractivity contribution in [2.24, 2.45) is 4.99 Å². The van der Waals surface area contributed by atoms with E-state index in [4.69, 9.17) is 14.7 Å². The molecule has 1 N–H and O–H groups in total. The second-order valence-electron chi connectivity index (χ2n) is 7.42. The number of guanidine groups is 1. The summed E-state index contributed by atoms with van der Waals surface area (Å²) >= 11 is 1.65. The molecule has 1 aliphatic heterocycles. The summed E-state index contributed by atoms with van der Waals surface area (Å²) in [7, 11) is 3.79. The van der Waals surface area contributed by atoms with E-state index in [2.05, 4.69) is 53.2 Å². The molecule has 1 aromatic rings. The van der Waals surface area contributed by atoms with Gasteiger partial charge in [-0.15, -0.1) is 35.3 Å². The number of likely N-dealkylation sites (N-methyl/N-ethyl adjacent to an activating group) is 1. The Morgan fingerprint density at radius 2 is 2.00 bits per heavy atom. The monoisotopic (exact) mass is 538 g/mol. The third-order valence-electron chi connectivity index (χ3n) is 5.35. The Morgan fingerprint density at radius 3 is 2.59 bits per heavy atom. The van der Waals surface area contributed by atoms with E-state index < -0.39 is 0 Å². The van der Waals surface area contributed by atoms with Crippen molar-refractivity contribution in [1.29, 1.82) is 0 Å². The zero-order valence-electron chi connectivity index (χ0n) is 18.8. The molecule has 9 heteroatoms. The maximum absolute atomic E-state index is 5.37. The molecule has 0 spiro atoms. The second kappa shape index (κ2) is 13.7. The molecule has 168 valence electrons. The molecule has 29 heavy (non-hydrogen) atoms. The number of aliphatic imine (C=N–C) groups is 1. The molecular weight excluding hydrogens is 499 g/mol. The molecular formula is C20H39IN6OS. The van der Waals surface area contributed by atoms with Crippen molar-refractivity contribution in [3.05, 3.63) is 16.1 Å². The predicted octanol–water partition coefficient (Wildman–Crippen LogP) is 2.89. The van der Waals surface area contributed by atoms with Crippen LogP contribution >= 0.6 is 35.3 Å². The summed E-state index contributed by atoms with van der Waals surface area (Å²) in [6.07, 6.45) is 0.0417. The van der Waals surface area contributed by atoms with E-state index in [1.54, 1.807) is 18.4 Å². The van der Waals surface area contributed by atoms with Crippen LogP contribution in [0.2, 0.25) is 0 Å². The lowest BCUT2D eigenvalue weighted by atomic mass is 10.2. The van der Waals surface area contributed by atoms with Gasteiger partial charge in [0.25, 0.3) is 0 Å². The van der Waals surface area contributed by atoms with Gasteiger partial charge in [-0.1, -0.05) is 6.92 Å². The fourth-order valence-corrected chi connectivity index (χ4v) is 4.17. The summed E-state index contributed by atoms with van der Waals surface area (Å²) in [5.74, 6) is 0.941. The van der Waals surface area contributed by atoms with Crippen LogP contribution in [-0.4, -0.2) is 91.7 Å². The molecule has 1 saturated heterocycles. The maximum atomic E-state index is 5.37. The zero-order chi connectivity index (χ0) is 20.5. The van der Waals surface area contributed by atoms with Gasteiger partial charge >= 0.3 is 0 Å². The van der Waals surface area contributed by atoms with Crippen LogP contribution in [0.4, 0.5) is 0 Å². The van der Waals surface area contributed by atoms with E-state index in [-0.39, 0.29) is 30.1 Å². The normalized spacial score (nSPS) is 18.2. The van der Waals surface area contributed by atoms with Crippen molar-refractivity contribution < 1.29 is 4.74 Å². The van der Waals surface area contributed by atoms with E-state index >= 15 is 0 Å². The van der Waals surface area contributed by atoms with Gasteiger partial charge in [-0.25, -0.2) is 4.98 Å². The van der Waals surface area contributed by atoms with Crippen LogP contribution in [0, 0.1) is 0 Å². The lowest BCUT2D eigenvalue weighted by Crippen LogP contribution is -2.50. The number of nitrogens with zero attached hydrogens (tertiary/aromatic N) is 5. The van der Waals surface area contributed by atoms with Gasteiger partial charge in [0.2, 0.25) is 0 Å². The Morgan fingerprint density at radius 1 is 1.31 bits per heavy atom. The first kappa shape index (κ1) is 26.5. The lowest BCUT2D eigenvalue weighted by molar-refractivity contribution is 0.109. The number of methoxy groups -OCH3 is 1. The fourth-order valence-electron chi connectivity index (χ4n) is 3.32. The highest BCUT2D eigenvalue weighted by atomic mass is 127. The van der Waals surface area contributed by atoms with Crippen molar-refractivity contribution in [2.45, 2.75) is 46.4 Å². The molecule has 0 bridgehead atoms. The van der Waals surface area contributed by atoms with Gasteiger partial charge in [0.05, 0.1) is 18.8 Å². The largest absolute Gasteiger partial charge is 0.375 e. The molecule has 2 rings (SSSR count). The highest BCUT2D eigenvalue weighted by Crippen LogP contribution is 2.21. The van der Waals surface area contributed by atoms with Gasteiger partial charge in [0, 0.05) is 58.3 Å². The SMILES string of the molecule is CCNC(=NCC(C)N1CCN(CC)CC1)N(C)Cc1csc(C(C)OC)n1.I. The number of halogens is 1. The first-order chi connectivity index (χ1) is 13.5. The number of piperazine rings is 1. The van der Waals surface area contributed by atoms with Crippen LogP contribution in [0.25, 0.3) is 0 Å². The van der Waals surface area contributed by atoms with Crippen molar-refractivity contribution >= 4 is 41.3 Å². The van der Waals surface area contributed by atoms with E-state index in [0.29, 0.717) is 6.04 Å². The number of hydrogen-bond acceptors (Lipinski definition) is 6. The number of thiazole rings is 1. The molecule has 0 aliphatic carbocycles. The van der Waals surface area contributed by atoms with E-state index in [9.17, 15) is 0 Å². The molecule has 1 aliphatic rings. The summed E-state index contributed by atoms with van der Waals surface area (Å²) in [6.45, 7) is 16.8. The standard InChI is InChI=1S/C20H38N6OS.HI/c1-7-21-20(22-13-16(3)26-11-9-25(8-2)10-12-26)24(5)14-18-15-28-19(23-18)17(4)27-6;/h15-17H,7-14H2,1-6H3,(H,21,22);1H. The summed E-state index contributed by atoms with van der Waals surface area (Å²) in [6, 6.07) is 0.453. The van der Waals surface area contributed by atoms with Crippen LogP contribution in [-0.2, 0) is 11.3 Å². The van der Waals surface area contributed by atoms with Gasteiger partial charge in [0.1, 0.15) is 11.1 Å². The molecule has 0 saturated carbocycles. The number of nitrogens with one attached hydrogen (secondary N) is 1. The van der Waals surface area contributed by atoms with E-state index in [0.717, 1.165) is 69.0 Å². The fraction of sp³-hybridized carbons (Fsp3) is 0.800. The summed E-state index contributed by atoms with van der Waals surface area (Å²) in [4.78, 5) is 16.8. The van der Waals surface area contributed by atoms with Crippen molar-refractivity contribution in [1.82, 2.24) is 25.0 Å². The zero-order valence-corrected chi connectivity index (χ0v) is 22.0. The van der Waals surface area contributed by atoms with Crippen molar-refractivity contribution in [3.8, 4) is 0 Å². The number of ether oxygens (including phenoxy) is 1. The highest BCUT2D eigenvalue weighted by Gasteiger charge is 2.20. The molecule has 2 heterocycles. The Labute approximate surface area is 197 Å². The average Bonchev–Trinajstić information content (AvgIpc) is 3.18. The molecule has 0 radical (unpaired) electrons. The van der Waals surface area contributed by atoms with E-state index in [1.165, 1.54) is 0 Å². The minimum atomic E-state index is 0. The number of aromatic nitrogens is 1. The molecule has 0 amide bonds. The van der Waals surface area contributed by atoms with Crippen molar-refractivity contribution in [2.75, 3.05) is 60.0 Å². The molecule has 0 aromatic carbocycles. The van der Waals surface area contributed by atoms with Crippen LogP contribution in [0.5, 0.6) is 0 Å². The van der Waals surface area contributed by atoms with Crippen molar-refractivity contribution in [3.63, 3.8) is 0 Å². The Bertz CT molecular complexity index is 606. The summed E-state index contributed by atoms with van der Waals surface area (Å²) in [5.41, 5.74) is 1.06. The van der Waals surface area contributed by atoms with Crippen LogP contribution in [0.15, 0.2) is 10.4 Å². The third-order valence-corrected chi connectivity index (χ3v) is 6.40. The highest BCUT2D eigenvalue weighted by molar-refractivity contribution is 14.0. The van der Waals surface area contributed by atoms with Crippen LogP contribution in [0.1, 0.15) is 44.5 Å². The van der Waals surface area contributed by atoms with Gasteiger partial charge in [-0.05, 0) is 27.3 Å². The first-order valence-electron chi connectivity index (χ1n) is 10.4. The van der Waals surface area contributed by atoms with Gasteiger partial charge < -0.3 is 19.9 Å². The van der Waals surface area contributed by atoms with Gasteiger partial charge in [-0.3, -0.25) is 9.89 Å². The molecule has 1 fully saturated rings. The molecule has 2 unspecified atom stereocenters.